The Balaban J connectivity index is 3.05. The minimum Gasteiger partial charge on any atom is -0.384 e. The van der Waals surface area contributed by atoms with Gasteiger partial charge in [-0.1, -0.05) is 46.9 Å². The van der Waals surface area contributed by atoms with Gasteiger partial charge in [-0.25, -0.2) is 4.39 Å². The fraction of sp³-hybridized carbons (Fsp3) is 0.400. The van der Waals surface area contributed by atoms with Crippen molar-refractivity contribution in [3.63, 3.8) is 0 Å². The maximum Gasteiger partial charge on any atom is 0.193 e. The molecule has 0 aliphatic heterocycles. The van der Waals surface area contributed by atoms with Crippen molar-refractivity contribution in [3.8, 4) is 0 Å². The summed E-state index contributed by atoms with van der Waals surface area (Å²) in [5.74, 6) is -0.671. The van der Waals surface area contributed by atoms with Crippen molar-refractivity contribution < 1.29 is 9.50 Å². The van der Waals surface area contributed by atoms with Gasteiger partial charge in [-0.15, -0.1) is 11.6 Å². The molecule has 90 valence electrons. The van der Waals surface area contributed by atoms with Crippen LogP contribution in [-0.4, -0.2) is 14.8 Å². The van der Waals surface area contributed by atoms with Crippen LogP contribution in [0.3, 0.4) is 0 Å². The molecule has 0 bridgehead atoms. The van der Waals surface area contributed by atoms with Crippen molar-refractivity contribution in [2.45, 2.75) is 15.8 Å². The van der Waals surface area contributed by atoms with Gasteiger partial charge >= 0.3 is 0 Å². The summed E-state index contributed by atoms with van der Waals surface area (Å²) in [4.78, 5) is 0. The molecule has 16 heavy (non-hydrogen) atoms. The van der Waals surface area contributed by atoms with Gasteiger partial charge in [-0.05, 0) is 17.7 Å². The lowest BCUT2D eigenvalue weighted by molar-refractivity contribution is 0.0525. The van der Waals surface area contributed by atoms with E-state index in [-0.39, 0.29) is 17.9 Å². The zero-order valence-electron chi connectivity index (χ0n) is 8.06. The molecule has 6 heteroatoms. The molecule has 0 heterocycles. The van der Waals surface area contributed by atoms with Gasteiger partial charge in [0.25, 0.3) is 0 Å². The van der Waals surface area contributed by atoms with Gasteiger partial charge in [0.15, 0.2) is 3.79 Å². The van der Waals surface area contributed by atoms with E-state index in [1.807, 2.05) is 0 Å². The molecule has 0 aromatic heterocycles. The maximum absolute atomic E-state index is 13.0. The second-order valence-electron chi connectivity index (χ2n) is 3.47. The molecule has 1 N–H and O–H groups in total. The van der Waals surface area contributed by atoms with Crippen LogP contribution < -0.4 is 0 Å². The van der Waals surface area contributed by atoms with E-state index < -0.39 is 15.2 Å². The van der Waals surface area contributed by atoms with Gasteiger partial charge in [0.1, 0.15) is 11.4 Å². The third-order valence-electron chi connectivity index (χ3n) is 2.08. The standard InChI is InChI=1S/C10H9Cl4FO/c11-6-9(16,5-10(12,13)14)7-2-1-3-8(15)4-7/h1-4,16H,5-6H2. The first-order valence-corrected chi connectivity index (χ1v) is 6.05. The molecule has 1 aromatic rings. The zero-order valence-corrected chi connectivity index (χ0v) is 11.1. The summed E-state index contributed by atoms with van der Waals surface area (Å²) in [5.41, 5.74) is -1.27. The van der Waals surface area contributed by atoms with Crippen LogP contribution in [0.25, 0.3) is 0 Å². The first-order chi connectivity index (χ1) is 7.27. The molecule has 1 atom stereocenters. The molecular weight excluding hydrogens is 297 g/mol. The second-order valence-corrected chi connectivity index (χ2v) is 6.25. The Hall–Kier alpha value is 0.270. The summed E-state index contributed by atoms with van der Waals surface area (Å²) >= 11 is 22.5. The molecule has 1 nitrogen and oxygen atoms in total. The monoisotopic (exact) mass is 304 g/mol. The van der Waals surface area contributed by atoms with E-state index in [1.54, 1.807) is 0 Å². The topological polar surface area (TPSA) is 20.2 Å². The summed E-state index contributed by atoms with van der Waals surface area (Å²) < 4.78 is 11.4. The number of alkyl halides is 4. The first-order valence-electron chi connectivity index (χ1n) is 4.38. The van der Waals surface area contributed by atoms with Crippen LogP contribution in [0.4, 0.5) is 4.39 Å². The molecule has 1 aromatic carbocycles. The highest BCUT2D eigenvalue weighted by atomic mass is 35.6. The van der Waals surface area contributed by atoms with Crippen molar-refractivity contribution in [3.05, 3.63) is 35.6 Å². The summed E-state index contributed by atoms with van der Waals surface area (Å²) in [5, 5.41) is 10.2. The van der Waals surface area contributed by atoms with Crippen LogP contribution in [0, 0.1) is 5.82 Å². The Bertz CT molecular complexity index is 366. The normalized spacial score (nSPS) is 15.9. The van der Waals surface area contributed by atoms with Crippen molar-refractivity contribution in [1.82, 2.24) is 0 Å². The Morgan fingerprint density at radius 1 is 1.25 bits per heavy atom. The molecule has 0 saturated heterocycles. The molecule has 1 unspecified atom stereocenters. The Labute approximate surface area is 113 Å². The molecule has 0 fully saturated rings. The number of rotatable bonds is 3. The van der Waals surface area contributed by atoms with Crippen LogP contribution >= 0.6 is 46.4 Å². The molecule has 0 aliphatic carbocycles. The van der Waals surface area contributed by atoms with Gasteiger partial charge in [-0.3, -0.25) is 0 Å². The van der Waals surface area contributed by atoms with Crippen LogP contribution in [0.5, 0.6) is 0 Å². The molecule has 0 spiro atoms. The van der Waals surface area contributed by atoms with Gasteiger partial charge < -0.3 is 5.11 Å². The number of aliphatic hydroxyl groups is 1. The first kappa shape index (κ1) is 14.3. The van der Waals surface area contributed by atoms with E-state index in [4.69, 9.17) is 46.4 Å². The van der Waals surface area contributed by atoms with Gasteiger partial charge in [0.05, 0.1) is 5.88 Å². The second kappa shape index (κ2) is 5.28. The summed E-state index contributed by atoms with van der Waals surface area (Å²) in [6, 6.07) is 5.41. The highest BCUT2D eigenvalue weighted by molar-refractivity contribution is 6.67. The summed E-state index contributed by atoms with van der Waals surface area (Å²) in [7, 11) is 0. The van der Waals surface area contributed by atoms with Crippen molar-refractivity contribution >= 4 is 46.4 Å². The highest BCUT2D eigenvalue weighted by Crippen LogP contribution is 2.40. The zero-order chi connectivity index (χ0) is 12.4. The van der Waals surface area contributed by atoms with Gasteiger partial charge in [0, 0.05) is 6.42 Å². The quantitative estimate of drug-likeness (QED) is 0.837. The lowest BCUT2D eigenvalue weighted by atomic mass is 9.93. The van der Waals surface area contributed by atoms with Crippen LogP contribution in [-0.2, 0) is 5.60 Å². The number of halogens is 5. The maximum atomic E-state index is 13.0. The molecule has 0 radical (unpaired) electrons. The number of hydrogen-bond donors (Lipinski definition) is 1. The predicted octanol–water partition coefficient (Wildman–Crippen LogP) is 4.01. The molecule has 1 rings (SSSR count). The van der Waals surface area contributed by atoms with Crippen LogP contribution in [0.1, 0.15) is 12.0 Å². The summed E-state index contributed by atoms with van der Waals surface area (Å²) in [6.45, 7) is 0. The molecule has 0 amide bonds. The van der Waals surface area contributed by atoms with E-state index in [0.717, 1.165) is 0 Å². The van der Waals surface area contributed by atoms with E-state index >= 15 is 0 Å². The third kappa shape index (κ3) is 3.94. The minimum atomic E-state index is -1.66. The molecular formula is C10H9Cl4FO. The Morgan fingerprint density at radius 2 is 1.88 bits per heavy atom. The van der Waals surface area contributed by atoms with Gasteiger partial charge in [-0.2, -0.15) is 0 Å². The van der Waals surface area contributed by atoms with E-state index in [9.17, 15) is 9.50 Å². The third-order valence-corrected chi connectivity index (χ3v) is 2.92. The lowest BCUT2D eigenvalue weighted by Gasteiger charge is -2.29. The number of benzene rings is 1. The van der Waals surface area contributed by atoms with E-state index in [1.165, 1.54) is 24.3 Å². The largest absolute Gasteiger partial charge is 0.384 e. The smallest absolute Gasteiger partial charge is 0.193 e. The van der Waals surface area contributed by atoms with Gasteiger partial charge in [0.2, 0.25) is 0 Å². The number of hydrogen-bond acceptors (Lipinski definition) is 1. The van der Waals surface area contributed by atoms with E-state index in [2.05, 4.69) is 0 Å². The fourth-order valence-corrected chi connectivity index (χ4v) is 2.25. The summed E-state index contributed by atoms with van der Waals surface area (Å²) in [6.07, 6.45) is -0.211. The minimum absolute atomic E-state index is 0.190. The van der Waals surface area contributed by atoms with Crippen LogP contribution in [0.15, 0.2) is 24.3 Å². The van der Waals surface area contributed by atoms with Crippen molar-refractivity contribution in [2.24, 2.45) is 0 Å². The SMILES string of the molecule is OC(CCl)(CC(Cl)(Cl)Cl)c1cccc(F)c1. The average molecular weight is 306 g/mol. The fourth-order valence-electron chi connectivity index (χ4n) is 1.34. The molecule has 0 saturated carbocycles. The highest BCUT2D eigenvalue weighted by Gasteiger charge is 2.37. The lowest BCUT2D eigenvalue weighted by Crippen LogP contribution is -2.32. The van der Waals surface area contributed by atoms with Crippen molar-refractivity contribution in [2.75, 3.05) is 5.88 Å². The Kier molecular flexibility index (Phi) is 4.73. The average Bonchev–Trinajstić information content (AvgIpc) is 2.15. The molecule has 0 aliphatic rings. The predicted molar refractivity (Wildman–Crippen MR) is 65.9 cm³/mol. The Morgan fingerprint density at radius 3 is 2.31 bits per heavy atom. The van der Waals surface area contributed by atoms with E-state index in [0.29, 0.717) is 0 Å². The van der Waals surface area contributed by atoms with Crippen molar-refractivity contribution in [1.29, 1.82) is 0 Å². The van der Waals surface area contributed by atoms with Crippen LogP contribution in [0.2, 0.25) is 0 Å².